The van der Waals surface area contributed by atoms with Crippen LogP contribution in [-0.2, 0) is 6.54 Å². The third-order valence-electron chi connectivity index (χ3n) is 2.43. The highest BCUT2D eigenvalue weighted by Crippen LogP contribution is 2.24. The zero-order chi connectivity index (χ0) is 10.8. The summed E-state index contributed by atoms with van der Waals surface area (Å²) < 4.78 is 31.1. The minimum absolute atomic E-state index is 0.315. The SMILES string of the molecule is COc1c(F)cc(CNC2CC2)cc1F. The predicted octanol–water partition coefficient (Wildman–Crippen LogP) is 2.23. The molecule has 0 unspecified atom stereocenters. The molecule has 4 heteroatoms. The number of rotatable bonds is 4. The molecule has 1 saturated carbocycles. The number of benzene rings is 1. The third kappa shape index (κ3) is 2.45. The van der Waals surface area contributed by atoms with Crippen molar-refractivity contribution in [3.63, 3.8) is 0 Å². The predicted molar refractivity (Wildman–Crippen MR) is 52.8 cm³/mol. The van der Waals surface area contributed by atoms with Crippen LogP contribution in [-0.4, -0.2) is 13.2 Å². The largest absolute Gasteiger partial charge is 0.491 e. The fourth-order valence-electron chi connectivity index (χ4n) is 1.46. The van der Waals surface area contributed by atoms with Gasteiger partial charge in [-0.3, -0.25) is 0 Å². The Labute approximate surface area is 87.2 Å². The van der Waals surface area contributed by atoms with Crippen molar-refractivity contribution in [1.82, 2.24) is 5.32 Å². The highest BCUT2D eigenvalue weighted by atomic mass is 19.1. The zero-order valence-corrected chi connectivity index (χ0v) is 8.52. The second kappa shape index (κ2) is 4.14. The van der Waals surface area contributed by atoms with Gasteiger partial charge in [-0.25, -0.2) is 8.78 Å². The first-order valence-corrected chi connectivity index (χ1v) is 4.96. The van der Waals surface area contributed by atoms with Gasteiger partial charge in [0.2, 0.25) is 0 Å². The van der Waals surface area contributed by atoms with Crippen molar-refractivity contribution in [1.29, 1.82) is 0 Å². The molecule has 0 saturated heterocycles. The summed E-state index contributed by atoms with van der Waals surface area (Å²) in [5, 5.41) is 3.19. The van der Waals surface area contributed by atoms with E-state index in [1.54, 1.807) is 0 Å². The minimum Gasteiger partial charge on any atom is -0.491 e. The molecule has 1 N–H and O–H groups in total. The Kier molecular flexibility index (Phi) is 2.86. The summed E-state index contributed by atoms with van der Waals surface area (Å²) in [6.07, 6.45) is 2.31. The Morgan fingerprint density at radius 3 is 2.40 bits per heavy atom. The van der Waals surface area contributed by atoms with Crippen LogP contribution < -0.4 is 10.1 Å². The molecule has 82 valence electrons. The van der Waals surface area contributed by atoms with Crippen LogP contribution >= 0.6 is 0 Å². The molecule has 0 bridgehead atoms. The highest BCUT2D eigenvalue weighted by molar-refractivity contribution is 5.31. The van der Waals surface area contributed by atoms with Crippen LogP contribution in [0.4, 0.5) is 8.78 Å². The van der Waals surface area contributed by atoms with Crippen molar-refractivity contribution in [2.24, 2.45) is 0 Å². The van der Waals surface area contributed by atoms with Crippen LogP contribution in [0.5, 0.6) is 5.75 Å². The number of hydrogen-bond donors (Lipinski definition) is 1. The van der Waals surface area contributed by atoms with Gasteiger partial charge in [0.1, 0.15) is 0 Å². The summed E-state index contributed by atoms with van der Waals surface area (Å²) in [7, 11) is 1.25. The summed E-state index contributed by atoms with van der Waals surface area (Å²) in [5.74, 6) is -1.61. The third-order valence-corrected chi connectivity index (χ3v) is 2.43. The zero-order valence-electron chi connectivity index (χ0n) is 8.52. The Hall–Kier alpha value is -1.16. The number of ether oxygens (including phenoxy) is 1. The molecule has 2 nitrogen and oxygen atoms in total. The molecular weight excluding hydrogens is 200 g/mol. The van der Waals surface area contributed by atoms with Gasteiger partial charge in [0.25, 0.3) is 0 Å². The molecule has 1 fully saturated rings. The van der Waals surface area contributed by atoms with Crippen LogP contribution in [0.15, 0.2) is 12.1 Å². The molecule has 0 aromatic heterocycles. The number of methoxy groups -OCH3 is 1. The van der Waals surface area contributed by atoms with E-state index in [9.17, 15) is 8.78 Å². The summed E-state index contributed by atoms with van der Waals surface area (Å²) in [6, 6.07) is 3.13. The van der Waals surface area contributed by atoms with Crippen LogP contribution in [0.25, 0.3) is 0 Å². The Bertz CT molecular complexity index is 341. The monoisotopic (exact) mass is 213 g/mol. The molecule has 0 atom stereocenters. The van der Waals surface area contributed by atoms with E-state index in [1.807, 2.05) is 0 Å². The van der Waals surface area contributed by atoms with Crippen LogP contribution in [0.3, 0.4) is 0 Å². The second-order valence-corrected chi connectivity index (χ2v) is 3.75. The molecule has 15 heavy (non-hydrogen) atoms. The van der Waals surface area contributed by atoms with E-state index in [0.717, 1.165) is 12.8 Å². The molecular formula is C11H13F2NO. The van der Waals surface area contributed by atoms with Gasteiger partial charge < -0.3 is 10.1 Å². The quantitative estimate of drug-likeness (QED) is 0.828. The topological polar surface area (TPSA) is 21.3 Å². The lowest BCUT2D eigenvalue weighted by Crippen LogP contribution is -2.15. The van der Waals surface area contributed by atoms with E-state index in [2.05, 4.69) is 10.1 Å². The Balaban J connectivity index is 2.10. The normalized spacial score (nSPS) is 15.4. The summed E-state index contributed by atoms with van der Waals surface area (Å²) >= 11 is 0. The van der Waals surface area contributed by atoms with E-state index in [0.29, 0.717) is 18.2 Å². The maximum atomic E-state index is 13.3. The van der Waals surface area contributed by atoms with E-state index in [4.69, 9.17) is 0 Å². The van der Waals surface area contributed by atoms with Crippen molar-refractivity contribution in [3.05, 3.63) is 29.3 Å². The Morgan fingerprint density at radius 2 is 1.93 bits per heavy atom. The first-order chi connectivity index (χ1) is 7.20. The number of halogens is 2. The minimum atomic E-state index is -0.648. The van der Waals surface area contributed by atoms with Crippen molar-refractivity contribution in [3.8, 4) is 5.75 Å². The second-order valence-electron chi connectivity index (χ2n) is 3.75. The molecule has 0 aliphatic heterocycles. The molecule has 0 amide bonds. The van der Waals surface area contributed by atoms with Gasteiger partial charge >= 0.3 is 0 Å². The van der Waals surface area contributed by atoms with Gasteiger partial charge in [-0.05, 0) is 30.5 Å². The van der Waals surface area contributed by atoms with Gasteiger partial charge in [0.15, 0.2) is 17.4 Å². The molecule has 1 aromatic rings. The molecule has 0 radical (unpaired) electrons. The van der Waals surface area contributed by atoms with E-state index in [-0.39, 0.29) is 5.75 Å². The van der Waals surface area contributed by atoms with Gasteiger partial charge in [-0.2, -0.15) is 0 Å². The fraction of sp³-hybridized carbons (Fsp3) is 0.455. The van der Waals surface area contributed by atoms with Gasteiger partial charge in [0, 0.05) is 12.6 Å². The van der Waals surface area contributed by atoms with Gasteiger partial charge in [0.05, 0.1) is 7.11 Å². The number of hydrogen-bond acceptors (Lipinski definition) is 2. The van der Waals surface area contributed by atoms with E-state index < -0.39 is 11.6 Å². The standard InChI is InChI=1S/C11H13F2NO/c1-15-11-9(12)4-7(5-10(11)13)6-14-8-2-3-8/h4-5,8,14H,2-3,6H2,1H3. The first kappa shape index (κ1) is 10.4. The lowest BCUT2D eigenvalue weighted by Gasteiger charge is -2.07. The lowest BCUT2D eigenvalue weighted by molar-refractivity contribution is 0.359. The molecule has 1 aromatic carbocycles. The van der Waals surface area contributed by atoms with Crippen LogP contribution in [0, 0.1) is 11.6 Å². The van der Waals surface area contributed by atoms with Crippen molar-refractivity contribution in [2.75, 3.05) is 7.11 Å². The summed E-state index contributed by atoms with van der Waals surface area (Å²) in [6.45, 7) is 0.502. The fourth-order valence-corrected chi connectivity index (χ4v) is 1.46. The van der Waals surface area contributed by atoms with E-state index >= 15 is 0 Å². The number of nitrogens with one attached hydrogen (secondary N) is 1. The molecule has 0 heterocycles. The molecule has 1 aliphatic carbocycles. The Morgan fingerprint density at radius 1 is 1.33 bits per heavy atom. The molecule has 1 aliphatic rings. The molecule has 2 rings (SSSR count). The van der Waals surface area contributed by atoms with Crippen molar-refractivity contribution >= 4 is 0 Å². The van der Waals surface area contributed by atoms with E-state index in [1.165, 1.54) is 19.2 Å². The van der Waals surface area contributed by atoms with Crippen molar-refractivity contribution < 1.29 is 13.5 Å². The maximum absolute atomic E-state index is 13.3. The first-order valence-electron chi connectivity index (χ1n) is 4.96. The van der Waals surface area contributed by atoms with Gasteiger partial charge in [-0.15, -0.1) is 0 Å². The van der Waals surface area contributed by atoms with Gasteiger partial charge in [-0.1, -0.05) is 0 Å². The van der Waals surface area contributed by atoms with Crippen LogP contribution in [0.1, 0.15) is 18.4 Å². The molecule has 0 spiro atoms. The maximum Gasteiger partial charge on any atom is 0.190 e. The average molecular weight is 213 g/mol. The highest BCUT2D eigenvalue weighted by Gasteiger charge is 2.20. The summed E-state index contributed by atoms with van der Waals surface area (Å²) in [5.41, 5.74) is 0.609. The lowest BCUT2D eigenvalue weighted by atomic mass is 10.2. The average Bonchev–Trinajstić information content (AvgIpc) is 2.97. The van der Waals surface area contributed by atoms with Crippen molar-refractivity contribution in [2.45, 2.75) is 25.4 Å². The summed E-state index contributed by atoms with van der Waals surface area (Å²) in [4.78, 5) is 0. The smallest absolute Gasteiger partial charge is 0.190 e. The van der Waals surface area contributed by atoms with Crippen LogP contribution in [0.2, 0.25) is 0 Å².